The van der Waals surface area contributed by atoms with Crippen molar-refractivity contribution in [1.29, 1.82) is 0 Å². The van der Waals surface area contributed by atoms with Crippen LogP contribution in [0.3, 0.4) is 0 Å². The first-order valence-electron chi connectivity index (χ1n) is 9.87. The molecule has 2 aromatic carbocycles. The van der Waals surface area contributed by atoms with Crippen LogP contribution in [0.25, 0.3) is 16.6 Å². The highest BCUT2D eigenvalue weighted by Gasteiger charge is 2.55. The van der Waals surface area contributed by atoms with Gasteiger partial charge in [0.15, 0.2) is 5.60 Å². The van der Waals surface area contributed by atoms with Gasteiger partial charge in [-0.25, -0.2) is 4.68 Å². The van der Waals surface area contributed by atoms with E-state index in [1.165, 1.54) is 0 Å². The van der Waals surface area contributed by atoms with Crippen molar-refractivity contribution in [2.75, 3.05) is 11.9 Å². The summed E-state index contributed by atoms with van der Waals surface area (Å²) in [6, 6.07) is 11.6. The van der Waals surface area contributed by atoms with E-state index in [1.54, 1.807) is 37.7 Å². The van der Waals surface area contributed by atoms with Crippen LogP contribution in [-0.4, -0.2) is 33.2 Å². The molecule has 0 fully saturated rings. The van der Waals surface area contributed by atoms with E-state index in [-0.39, 0.29) is 0 Å². The zero-order chi connectivity index (χ0) is 22.3. The molecule has 162 valence electrons. The van der Waals surface area contributed by atoms with E-state index in [1.807, 2.05) is 44.2 Å². The largest absolute Gasteiger partial charge is 0.418 e. The fourth-order valence-electron chi connectivity index (χ4n) is 3.76. The van der Waals surface area contributed by atoms with Crippen LogP contribution in [0.2, 0.25) is 0 Å². The molecule has 0 aliphatic rings. The standard InChI is InChI=1S/C23H28F3N3O/c1-15-7-6-8-17(9-15)29-20-11-16(2)10-19(18(20)12-28-29)27-14-22(30,23(24,25)26)13-21(3,4)5/h6-12,27,30H,13-14H2,1-5H3. The zero-order valence-electron chi connectivity index (χ0n) is 17.9. The molecule has 0 amide bonds. The van der Waals surface area contributed by atoms with E-state index in [4.69, 9.17) is 0 Å². The Morgan fingerprint density at radius 3 is 2.33 bits per heavy atom. The number of nitrogens with zero attached hydrogens (tertiary/aromatic N) is 2. The second-order valence-corrected chi connectivity index (χ2v) is 9.26. The lowest BCUT2D eigenvalue weighted by atomic mass is 9.81. The van der Waals surface area contributed by atoms with Crippen molar-refractivity contribution in [2.24, 2.45) is 5.41 Å². The molecule has 0 aliphatic carbocycles. The average molecular weight is 419 g/mol. The van der Waals surface area contributed by atoms with Crippen molar-refractivity contribution in [3.05, 3.63) is 53.7 Å². The molecule has 4 nitrogen and oxygen atoms in total. The van der Waals surface area contributed by atoms with E-state index >= 15 is 0 Å². The van der Waals surface area contributed by atoms with Gasteiger partial charge in [0, 0.05) is 11.1 Å². The Morgan fingerprint density at radius 2 is 1.73 bits per heavy atom. The molecule has 0 bridgehead atoms. The number of nitrogens with one attached hydrogen (secondary N) is 1. The normalized spacial score (nSPS) is 14.7. The van der Waals surface area contributed by atoms with Gasteiger partial charge in [0.1, 0.15) is 0 Å². The summed E-state index contributed by atoms with van der Waals surface area (Å²) in [4.78, 5) is 0. The van der Waals surface area contributed by atoms with Gasteiger partial charge < -0.3 is 10.4 Å². The number of anilines is 1. The van der Waals surface area contributed by atoms with Crippen molar-refractivity contribution >= 4 is 16.6 Å². The monoisotopic (exact) mass is 419 g/mol. The number of alkyl halides is 3. The summed E-state index contributed by atoms with van der Waals surface area (Å²) >= 11 is 0. The lowest BCUT2D eigenvalue weighted by Crippen LogP contribution is -2.52. The molecule has 1 aromatic heterocycles. The Labute approximate surface area is 174 Å². The van der Waals surface area contributed by atoms with E-state index in [0.29, 0.717) is 11.1 Å². The summed E-state index contributed by atoms with van der Waals surface area (Å²) in [5.41, 5.74) is 0.610. The van der Waals surface area contributed by atoms with Crippen LogP contribution >= 0.6 is 0 Å². The highest BCUT2D eigenvalue weighted by atomic mass is 19.4. The molecular formula is C23H28F3N3O. The molecule has 30 heavy (non-hydrogen) atoms. The van der Waals surface area contributed by atoms with Crippen LogP contribution in [0.15, 0.2) is 42.6 Å². The number of hydrogen-bond donors (Lipinski definition) is 2. The van der Waals surface area contributed by atoms with Gasteiger partial charge in [-0.15, -0.1) is 0 Å². The van der Waals surface area contributed by atoms with Gasteiger partial charge in [-0.1, -0.05) is 32.9 Å². The molecule has 2 N–H and O–H groups in total. The molecule has 0 aliphatic heterocycles. The summed E-state index contributed by atoms with van der Waals surface area (Å²) in [5, 5.41) is 18.5. The van der Waals surface area contributed by atoms with Gasteiger partial charge >= 0.3 is 6.18 Å². The van der Waals surface area contributed by atoms with Gasteiger partial charge in [0.2, 0.25) is 0 Å². The molecule has 0 spiro atoms. The number of aliphatic hydroxyl groups is 1. The van der Waals surface area contributed by atoms with Crippen LogP contribution in [-0.2, 0) is 0 Å². The Kier molecular flexibility index (Phi) is 5.62. The van der Waals surface area contributed by atoms with Gasteiger partial charge in [-0.3, -0.25) is 0 Å². The third-order valence-corrected chi connectivity index (χ3v) is 5.00. The Bertz CT molecular complexity index is 1050. The predicted molar refractivity (Wildman–Crippen MR) is 114 cm³/mol. The first kappa shape index (κ1) is 22.2. The lowest BCUT2D eigenvalue weighted by Gasteiger charge is -2.36. The number of aromatic nitrogens is 2. The highest BCUT2D eigenvalue weighted by Crippen LogP contribution is 2.40. The Balaban J connectivity index is 1.99. The maximum absolute atomic E-state index is 13.7. The number of benzene rings is 2. The minimum Gasteiger partial charge on any atom is -0.381 e. The first-order chi connectivity index (χ1) is 13.8. The SMILES string of the molecule is Cc1cccc(-n2ncc3c(NCC(O)(CC(C)(C)C)C(F)(F)F)cc(C)cc32)c1. The van der Waals surface area contributed by atoms with Crippen molar-refractivity contribution in [2.45, 2.75) is 52.8 Å². The number of aryl methyl sites for hydroxylation is 2. The molecule has 7 heteroatoms. The molecule has 3 rings (SSSR count). The van der Waals surface area contributed by atoms with Crippen LogP contribution in [0.4, 0.5) is 18.9 Å². The van der Waals surface area contributed by atoms with E-state index in [9.17, 15) is 18.3 Å². The zero-order valence-corrected chi connectivity index (χ0v) is 17.9. The van der Waals surface area contributed by atoms with Gasteiger partial charge in [-0.2, -0.15) is 18.3 Å². The topological polar surface area (TPSA) is 50.1 Å². The number of rotatable bonds is 5. The minimum absolute atomic E-state index is 0.409. The van der Waals surface area contributed by atoms with E-state index in [2.05, 4.69) is 10.4 Å². The first-order valence-corrected chi connectivity index (χ1v) is 9.87. The molecule has 1 unspecified atom stereocenters. The smallest absolute Gasteiger partial charge is 0.381 e. The average Bonchev–Trinajstić information content (AvgIpc) is 3.01. The third-order valence-electron chi connectivity index (χ3n) is 5.00. The second-order valence-electron chi connectivity index (χ2n) is 9.26. The van der Waals surface area contributed by atoms with Gasteiger partial charge in [0.25, 0.3) is 0 Å². The third kappa shape index (κ3) is 4.61. The van der Waals surface area contributed by atoms with Crippen LogP contribution in [0.1, 0.15) is 38.3 Å². The van der Waals surface area contributed by atoms with Gasteiger partial charge in [0.05, 0.1) is 23.9 Å². The summed E-state index contributed by atoms with van der Waals surface area (Å²) in [6.07, 6.45) is -3.52. The molecule has 0 saturated heterocycles. The highest BCUT2D eigenvalue weighted by molar-refractivity contribution is 5.93. The molecule has 0 radical (unpaired) electrons. The van der Waals surface area contributed by atoms with E-state index < -0.39 is 30.2 Å². The summed E-state index contributed by atoms with van der Waals surface area (Å²) in [6.45, 7) is 8.27. The molecule has 0 saturated carbocycles. The van der Waals surface area contributed by atoms with Crippen molar-refractivity contribution in [1.82, 2.24) is 9.78 Å². The van der Waals surface area contributed by atoms with Crippen molar-refractivity contribution in [3.63, 3.8) is 0 Å². The Morgan fingerprint density at radius 1 is 1.03 bits per heavy atom. The predicted octanol–water partition coefficient (Wildman–Crippen LogP) is 5.78. The molecule has 3 aromatic rings. The van der Waals surface area contributed by atoms with Crippen molar-refractivity contribution in [3.8, 4) is 5.69 Å². The number of fused-ring (bicyclic) bond motifs is 1. The molecular weight excluding hydrogens is 391 g/mol. The molecule has 1 heterocycles. The second kappa shape index (κ2) is 7.61. The lowest BCUT2D eigenvalue weighted by molar-refractivity contribution is -0.263. The van der Waals surface area contributed by atoms with Crippen molar-refractivity contribution < 1.29 is 18.3 Å². The maximum Gasteiger partial charge on any atom is 0.418 e. The maximum atomic E-state index is 13.7. The number of halogens is 3. The van der Waals surface area contributed by atoms with E-state index in [0.717, 1.165) is 22.3 Å². The quantitative estimate of drug-likeness (QED) is 0.551. The summed E-state index contributed by atoms with van der Waals surface area (Å²) in [5.74, 6) is 0. The van der Waals surface area contributed by atoms with Crippen LogP contribution in [0.5, 0.6) is 0 Å². The fraction of sp³-hybridized carbons (Fsp3) is 0.435. The number of hydrogen-bond acceptors (Lipinski definition) is 3. The molecule has 1 atom stereocenters. The van der Waals surface area contributed by atoms with Gasteiger partial charge in [-0.05, 0) is 61.1 Å². The minimum atomic E-state index is -4.75. The summed E-state index contributed by atoms with van der Waals surface area (Å²) in [7, 11) is 0. The van der Waals surface area contributed by atoms with Crippen LogP contribution in [0, 0.1) is 19.3 Å². The Hall–Kier alpha value is -2.54. The fourth-order valence-corrected chi connectivity index (χ4v) is 3.76. The van der Waals surface area contributed by atoms with Crippen LogP contribution < -0.4 is 5.32 Å². The summed E-state index contributed by atoms with van der Waals surface area (Å²) < 4.78 is 42.8.